The van der Waals surface area contributed by atoms with Gasteiger partial charge >= 0.3 is 0 Å². The summed E-state index contributed by atoms with van der Waals surface area (Å²) in [6, 6.07) is 15.0. The number of nitrogens with two attached hydrogens (primary N) is 1. The molecular formula is C22H28FN3OS. The van der Waals surface area contributed by atoms with Gasteiger partial charge in [-0.2, -0.15) is 5.10 Å². The summed E-state index contributed by atoms with van der Waals surface area (Å²) in [6.45, 7) is 3.12. The molecule has 0 atom stereocenters. The highest BCUT2D eigenvalue weighted by atomic mass is 32.2. The molecule has 6 heteroatoms. The van der Waals surface area contributed by atoms with Gasteiger partial charge < -0.3 is 10.5 Å². The lowest BCUT2D eigenvalue weighted by atomic mass is 10.1. The fraction of sp³-hybridized carbons (Fsp3) is 0.364. The largest absolute Gasteiger partial charge is 0.377 e. The Kier molecular flexibility index (Phi) is 10.3. The topological polar surface area (TPSA) is 60.0 Å². The summed E-state index contributed by atoms with van der Waals surface area (Å²) in [4.78, 5) is 0. The zero-order valence-corrected chi connectivity index (χ0v) is 17.1. The maximum Gasteiger partial charge on any atom is 0.180 e. The number of hydrogen-bond donors (Lipinski definition) is 1. The number of halogens is 1. The van der Waals surface area contributed by atoms with Crippen LogP contribution in [0.2, 0.25) is 0 Å². The molecule has 0 fully saturated rings. The van der Waals surface area contributed by atoms with Gasteiger partial charge in [-0.05, 0) is 23.6 Å². The molecule has 0 radical (unpaired) electrons. The Morgan fingerprint density at radius 2 is 1.96 bits per heavy atom. The van der Waals surface area contributed by atoms with Crippen molar-refractivity contribution in [2.75, 3.05) is 6.61 Å². The highest BCUT2D eigenvalue weighted by molar-refractivity contribution is 8.13. The lowest BCUT2D eigenvalue weighted by Crippen LogP contribution is -2.06. The van der Waals surface area contributed by atoms with Gasteiger partial charge in [0.05, 0.1) is 12.8 Å². The Labute approximate surface area is 171 Å². The van der Waals surface area contributed by atoms with Crippen molar-refractivity contribution in [3.05, 3.63) is 71.0 Å². The van der Waals surface area contributed by atoms with E-state index in [1.54, 1.807) is 12.1 Å². The third-order valence-electron chi connectivity index (χ3n) is 4.07. The van der Waals surface area contributed by atoms with Crippen molar-refractivity contribution < 1.29 is 9.13 Å². The smallest absolute Gasteiger partial charge is 0.180 e. The van der Waals surface area contributed by atoms with E-state index >= 15 is 0 Å². The maximum atomic E-state index is 14.2. The normalized spacial score (nSPS) is 12.0. The van der Waals surface area contributed by atoms with Crippen molar-refractivity contribution in [1.29, 1.82) is 0 Å². The SMILES string of the molecule is CCCCCCOCc1ccc(C=NN=C(N)SCc2ccccc2)cc1F. The summed E-state index contributed by atoms with van der Waals surface area (Å²) >= 11 is 1.41. The molecule has 0 aliphatic heterocycles. The number of amidine groups is 1. The van der Waals surface area contributed by atoms with Crippen molar-refractivity contribution in [1.82, 2.24) is 0 Å². The van der Waals surface area contributed by atoms with Crippen LogP contribution in [-0.2, 0) is 17.1 Å². The Morgan fingerprint density at radius 1 is 1.14 bits per heavy atom. The highest BCUT2D eigenvalue weighted by Gasteiger charge is 2.03. The minimum atomic E-state index is -0.298. The van der Waals surface area contributed by atoms with E-state index in [-0.39, 0.29) is 12.4 Å². The molecule has 0 aromatic heterocycles. The fourth-order valence-corrected chi connectivity index (χ4v) is 3.10. The molecule has 2 aromatic carbocycles. The Hall–Kier alpha value is -2.18. The molecule has 2 aromatic rings. The molecule has 150 valence electrons. The monoisotopic (exact) mass is 401 g/mol. The number of benzene rings is 2. The van der Waals surface area contributed by atoms with Crippen molar-refractivity contribution in [3.8, 4) is 0 Å². The molecule has 0 saturated carbocycles. The van der Waals surface area contributed by atoms with E-state index in [0.29, 0.717) is 22.9 Å². The fourth-order valence-electron chi connectivity index (χ4n) is 2.49. The summed E-state index contributed by atoms with van der Waals surface area (Å²) in [5, 5.41) is 8.27. The molecule has 0 heterocycles. The van der Waals surface area contributed by atoms with E-state index in [1.165, 1.54) is 42.4 Å². The van der Waals surface area contributed by atoms with E-state index in [0.717, 1.165) is 18.6 Å². The number of ether oxygens (including phenoxy) is 1. The second-order valence-electron chi connectivity index (χ2n) is 6.42. The zero-order chi connectivity index (χ0) is 20.0. The third-order valence-corrected chi connectivity index (χ3v) is 4.92. The van der Waals surface area contributed by atoms with E-state index in [4.69, 9.17) is 10.5 Å². The first-order valence-corrected chi connectivity index (χ1v) is 10.6. The van der Waals surface area contributed by atoms with Crippen LogP contribution in [0.4, 0.5) is 4.39 Å². The van der Waals surface area contributed by atoms with Crippen molar-refractivity contribution in [2.24, 2.45) is 15.9 Å². The quantitative estimate of drug-likeness (QED) is 0.234. The van der Waals surface area contributed by atoms with Crippen LogP contribution in [-0.4, -0.2) is 18.0 Å². The predicted octanol–water partition coefficient (Wildman–Crippen LogP) is 5.50. The molecule has 0 aliphatic carbocycles. The van der Waals surface area contributed by atoms with Crippen LogP contribution < -0.4 is 5.73 Å². The second-order valence-corrected chi connectivity index (χ2v) is 7.42. The molecule has 2 rings (SSSR count). The van der Waals surface area contributed by atoms with Crippen LogP contribution in [0.3, 0.4) is 0 Å². The Bertz CT molecular complexity index is 766. The van der Waals surface area contributed by atoms with Gasteiger partial charge in [0.1, 0.15) is 5.82 Å². The summed E-state index contributed by atoms with van der Waals surface area (Å²) in [5.74, 6) is 0.431. The number of rotatable bonds is 11. The minimum Gasteiger partial charge on any atom is -0.377 e. The lowest BCUT2D eigenvalue weighted by molar-refractivity contribution is 0.114. The molecule has 4 nitrogen and oxygen atoms in total. The molecular weight excluding hydrogens is 373 g/mol. The number of thioether (sulfide) groups is 1. The number of hydrogen-bond acceptors (Lipinski definition) is 4. The van der Waals surface area contributed by atoms with Crippen LogP contribution in [0.5, 0.6) is 0 Å². The first-order chi connectivity index (χ1) is 13.7. The van der Waals surface area contributed by atoms with Crippen LogP contribution in [0.25, 0.3) is 0 Å². The molecule has 0 amide bonds. The van der Waals surface area contributed by atoms with Gasteiger partial charge in [0.25, 0.3) is 0 Å². The summed E-state index contributed by atoms with van der Waals surface area (Å²) < 4.78 is 19.7. The number of nitrogens with zero attached hydrogens (tertiary/aromatic N) is 2. The molecule has 28 heavy (non-hydrogen) atoms. The molecule has 0 bridgehead atoms. The first kappa shape index (κ1) is 22.1. The average molecular weight is 402 g/mol. The molecule has 0 unspecified atom stereocenters. The van der Waals surface area contributed by atoms with Crippen molar-refractivity contribution in [3.63, 3.8) is 0 Å². The minimum absolute atomic E-state index is 0.288. The van der Waals surface area contributed by atoms with Crippen LogP contribution in [0.15, 0.2) is 58.7 Å². The average Bonchev–Trinajstić information content (AvgIpc) is 2.71. The van der Waals surface area contributed by atoms with E-state index in [1.807, 2.05) is 30.3 Å². The maximum absolute atomic E-state index is 14.2. The van der Waals surface area contributed by atoms with Gasteiger partial charge in [-0.3, -0.25) is 0 Å². The summed E-state index contributed by atoms with van der Waals surface area (Å²) in [5.41, 5.74) is 8.20. The van der Waals surface area contributed by atoms with E-state index < -0.39 is 0 Å². The third kappa shape index (κ3) is 8.67. The highest BCUT2D eigenvalue weighted by Crippen LogP contribution is 2.13. The molecule has 2 N–H and O–H groups in total. The van der Waals surface area contributed by atoms with E-state index in [9.17, 15) is 4.39 Å². The molecule has 0 spiro atoms. The number of unbranched alkanes of at least 4 members (excludes halogenated alkanes) is 3. The first-order valence-electron chi connectivity index (χ1n) is 9.58. The van der Waals surface area contributed by atoms with Crippen LogP contribution >= 0.6 is 11.8 Å². The van der Waals surface area contributed by atoms with Crippen LogP contribution in [0, 0.1) is 5.82 Å². The van der Waals surface area contributed by atoms with Crippen LogP contribution in [0.1, 0.15) is 49.3 Å². The standard InChI is InChI=1S/C22H28FN3OS/c1-2-3-4-8-13-27-16-20-12-11-19(14-21(20)23)15-25-26-22(24)28-17-18-9-6-5-7-10-18/h5-7,9-12,14-15H,2-4,8,13,16-17H2,1H3,(H2,24,26). The lowest BCUT2D eigenvalue weighted by Gasteiger charge is -2.06. The zero-order valence-electron chi connectivity index (χ0n) is 16.3. The van der Waals surface area contributed by atoms with Crippen molar-refractivity contribution >= 4 is 23.1 Å². The van der Waals surface area contributed by atoms with E-state index in [2.05, 4.69) is 17.1 Å². The Morgan fingerprint density at radius 3 is 2.71 bits per heavy atom. The molecule has 0 aliphatic rings. The van der Waals surface area contributed by atoms with Gasteiger partial charge in [-0.15, -0.1) is 5.10 Å². The second kappa shape index (κ2) is 13.1. The van der Waals surface area contributed by atoms with Gasteiger partial charge in [0, 0.05) is 17.9 Å². The van der Waals surface area contributed by atoms with Gasteiger partial charge in [0.15, 0.2) is 5.17 Å². The predicted molar refractivity (Wildman–Crippen MR) is 117 cm³/mol. The summed E-state index contributed by atoms with van der Waals surface area (Å²) in [7, 11) is 0. The summed E-state index contributed by atoms with van der Waals surface area (Å²) in [6.07, 6.45) is 6.07. The Balaban J connectivity index is 1.77. The van der Waals surface area contributed by atoms with Gasteiger partial charge in [-0.25, -0.2) is 4.39 Å². The molecule has 0 saturated heterocycles. The van der Waals surface area contributed by atoms with Gasteiger partial charge in [-0.1, -0.05) is 80.4 Å². The van der Waals surface area contributed by atoms with Crippen molar-refractivity contribution in [2.45, 2.75) is 45.0 Å². The van der Waals surface area contributed by atoms with Gasteiger partial charge in [0.2, 0.25) is 0 Å².